The van der Waals surface area contributed by atoms with Crippen LogP contribution in [0.15, 0.2) is 29.2 Å². The number of amides is 1. The van der Waals surface area contributed by atoms with E-state index in [1.807, 2.05) is 0 Å². The zero-order valence-corrected chi connectivity index (χ0v) is 16.1. The standard InChI is InChI=1S/C18H24N2O6S/c1-2-25-18(22)14-5-7-15(8-6-14)27(23,24)20-11-9-19(10-12-20)17(21)16-4-3-13-26-16/h5-8,16H,2-4,9-13H2,1H3/t16-/m0/s1. The number of carbonyl (C=O) groups excluding carboxylic acids is 2. The molecule has 1 atom stereocenters. The van der Waals surface area contributed by atoms with Crippen LogP contribution in [-0.2, 0) is 24.3 Å². The van der Waals surface area contributed by atoms with Crippen molar-refractivity contribution in [1.82, 2.24) is 9.21 Å². The second-order valence-electron chi connectivity index (χ2n) is 6.48. The topological polar surface area (TPSA) is 93.2 Å². The van der Waals surface area contributed by atoms with Gasteiger partial charge in [-0.3, -0.25) is 4.79 Å². The van der Waals surface area contributed by atoms with Crippen LogP contribution < -0.4 is 0 Å². The monoisotopic (exact) mass is 396 g/mol. The molecule has 2 heterocycles. The first kappa shape index (κ1) is 19.8. The number of sulfonamides is 1. The normalized spacial score (nSPS) is 21.2. The minimum Gasteiger partial charge on any atom is -0.462 e. The summed E-state index contributed by atoms with van der Waals surface area (Å²) >= 11 is 0. The van der Waals surface area contributed by atoms with Gasteiger partial charge in [0.25, 0.3) is 5.91 Å². The van der Waals surface area contributed by atoms with Crippen molar-refractivity contribution in [3.63, 3.8) is 0 Å². The molecule has 0 saturated carbocycles. The van der Waals surface area contributed by atoms with Crippen LogP contribution >= 0.6 is 0 Å². The van der Waals surface area contributed by atoms with Gasteiger partial charge in [-0.2, -0.15) is 4.31 Å². The molecule has 1 aromatic carbocycles. The fraction of sp³-hybridized carbons (Fsp3) is 0.556. The van der Waals surface area contributed by atoms with E-state index in [0.717, 1.165) is 12.8 Å². The molecule has 1 aromatic rings. The lowest BCUT2D eigenvalue weighted by molar-refractivity contribution is -0.142. The fourth-order valence-corrected chi connectivity index (χ4v) is 4.67. The van der Waals surface area contributed by atoms with Crippen molar-refractivity contribution in [2.24, 2.45) is 0 Å². The zero-order valence-electron chi connectivity index (χ0n) is 15.3. The smallest absolute Gasteiger partial charge is 0.338 e. The van der Waals surface area contributed by atoms with Crippen LogP contribution in [0.4, 0.5) is 0 Å². The number of hydrogen-bond acceptors (Lipinski definition) is 6. The third-order valence-electron chi connectivity index (χ3n) is 4.76. The Labute approximate surface area is 159 Å². The zero-order chi connectivity index (χ0) is 19.4. The van der Waals surface area contributed by atoms with Gasteiger partial charge in [0.15, 0.2) is 0 Å². The molecule has 0 N–H and O–H groups in total. The Balaban J connectivity index is 1.62. The molecule has 0 aromatic heterocycles. The molecule has 9 heteroatoms. The number of benzene rings is 1. The van der Waals surface area contributed by atoms with Crippen LogP contribution in [0, 0.1) is 0 Å². The number of ether oxygens (including phenoxy) is 2. The van der Waals surface area contributed by atoms with E-state index in [2.05, 4.69) is 0 Å². The second kappa shape index (κ2) is 8.37. The first-order valence-corrected chi connectivity index (χ1v) is 10.5. The maximum absolute atomic E-state index is 12.8. The van der Waals surface area contributed by atoms with Crippen molar-refractivity contribution in [1.29, 1.82) is 0 Å². The van der Waals surface area contributed by atoms with Crippen LogP contribution in [0.3, 0.4) is 0 Å². The molecule has 3 rings (SSSR count). The van der Waals surface area contributed by atoms with E-state index in [1.54, 1.807) is 11.8 Å². The van der Waals surface area contributed by atoms with Crippen LogP contribution in [0.5, 0.6) is 0 Å². The van der Waals surface area contributed by atoms with Crippen LogP contribution in [-0.4, -0.2) is 75.0 Å². The van der Waals surface area contributed by atoms with Crippen LogP contribution in [0.2, 0.25) is 0 Å². The Hall–Kier alpha value is -1.97. The molecular formula is C18H24N2O6S. The molecule has 148 valence electrons. The van der Waals surface area contributed by atoms with Crippen LogP contribution in [0.1, 0.15) is 30.1 Å². The highest BCUT2D eigenvalue weighted by molar-refractivity contribution is 7.89. The summed E-state index contributed by atoms with van der Waals surface area (Å²) in [7, 11) is -3.67. The number of hydrogen-bond donors (Lipinski definition) is 0. The molecule has 2 saturated heterocycles. The first-order valence-electron chi connectivity index (χ1n) is 9.11. The molecule has 0 radical (unpaired) electrons. The summed E-state index contributed by atoms with van der Waals surface area (Å²) in [5.74, 6) is -0.536. The average Bonchev–Trinajstić information content (AvgIpc) is 3.22. The van der Waals surface area contributed by atoms with Gasteiger partial charge in [-0.05, 0) is 44.0 Å². The molecule has 2 aliphatic heterocycles. The summed E-state index contributed by atoms with van der Waals surface area (Å²) in [5, 5.41) is 0. The summed E-state index contributed by atoms with van der Waals surface area (Å²) in [4.78, 5) is 25.8. The highest BCUT2D eigenvalue weighted by Gasteiger charge is 2.34. The minimum absolute atomic E-state index is 0.0525. The van der Waals surface area contributed by atoms with Gasteiger partial charge in [0.1, 0.15) is 6.10 Å². The van der Waals surface area contributed by atoms with Gasteiger partial charge in [0, 0.05) is 32.8 Å². The third kappa shape index (κ3) is 4.31. The van der Waals surface area contributed by atoms with Gasteiger partial charge >= 0.3 is 5.97 Å². The lowest BCUT2D eigenvalue weighted by Crippen LogP contribution is -2.52. The summed E-state index contributed by atoms with van der Waals surface area (Å²) in [6, 6.07) is 5.71. The van der Waals surface area contributed by atoms with Crippen molar-refractivity contribution in [3.8, 4) is 0 Å². The lowest BCUT2D eigenvalue weighted by atomic mass is 10.2. The number of piperazine rings is 1. The SMILES string of the molecule is CCOC(=O)c1ccc(S(=O)(=O)N2CCN(C(=O)[C@@H]3CCCO3)CC2)cc1. The van der Waals surface area contributed by atoms with Gasteiger partial charge in [0.2, 0.25) is 10.0 Å². The van der Waals surface area contributed by atoms with Crippen molar-refractivity contribution in [3.05, 3.63) is 29.8 Å². The Bertz CT molecular complexity index is 779. The van der Waals surface area contributed by atoms with E-state index in [9.17, 15) is 18.0 Å². The molecule has 0 bridgehead atoms. The van der Waals surface area contributed by atoms with Crippen molar-refractivity contribution < 1.29 is 27.5 Å². The van der Waals surface area contributed by atoms with E-state index in [-0.39, 0.29) is 36.6 Å². The third-order valence-corrected chi connectivity index (χ3v) is 6.67. The lowest BCUT2D eigenvalue weighted by Gasteiger charge is -2.35. The second-order valence-corrected chi connectivity index (χ2v) is 8.41. The average molecular weight is 396 g/mol. The Morgan fingerprint density at radius 2 is 1.81 bits per heavy atom. The summed E-state index contributed by atoms with van der Waals surface area (Å²) < 4.78 is 37.3. The van der Waals surface area contributed by atoms with E-state index < -0.39 is 16.0 Å². The van der Waals surface area contributed by atoms with E-state index in [1.165, 1.54) is 28.6 Å². The molecule has 1 amide bonds. The number of rotatable bonds is 5. The van der Waals surface area contributed by atoms with Gasteiger partial charge < -0.3 is 14.4 Å². The summed E-state index contributed by atoms with van der Waals surface area (Å²) in [5.41, 5.74) is 0.308. The maximum Gasteiger partial charge on any atom is 0.338 e. The number of esters is 1. The Morgan fingerprint density at radius 1 is 1.15 bits per heavy atom. The first-order chi connectivity index (χ1) is 12.9. The predicted molar refractivity (Wildman–Crippen MR) is 96.7 cm³/mol. The van der Waals surface area contributed by atoms with Gasteiger partial charge in [0.05, 0.1) is 17.1 Å². The molecular weight excluding hydrogens is 372 g/mol. The fourth-order valence-electron chi connectivity index (χ4n) is 3.25. The Morgan fingerprint density at radius 3 is 2.37 bits per heavy atom. The largest absolute Gasteiger partial charge is 0.462 e. The van der Waals surface area contributed by atoms with E-state index in [0.29, 0.717) is 25.3 Å². The minimum atomic E-state index is -3.67. The predicted octanol–water partition coefficient (Wildman–Crippen LogP) is 0.875. The molecule has 27 heavy (non-hydrogen) atoms. The van der Waals surface area contributed by atoms with E-state index in [4.69, 9.17) is 9.47 Å². The maximum atomic E-state index is 12.8. The number of nitrogens with zero attached hydrogens (tertiary/aromatic N) is 2. The molecule has 0 spiro atoms. The summed E-state index contributed by atoms with van der Waals surface area (Å²) in [6.07, 6.45) is 1.22. The van der Waals surface area contributed by atoms with Gasteiger partial charge in [-0.25, -0.2) is 13.2 Å². The van der Waals surface area contributed by atoms with Crippen LogP contribution in [0.25, 0.3) is 0 Å². The van der Waals surface area contributed by atoms with Crippen molar-refractivity contribution in [2.75, 3.05) is 39.4 Å². The molecule has 2 aliphatic rings. The van der Waals surface area contributed by atoms with Crippen molar-refractivity contribution >= 4 is 21.9 Å². The van der Waals surface area contributed by atoms with E-state index >= 15 is 0 Å². The summed E-state index contributed by atoms with van der Waals surface area (Å²) in [6.45, 7) is 3.73. The molecule has 0 aliphatic carbocycles. The number of carbonyl (C=O) groups is 2. The molecule has 8 nitrogen and oxygen atoms in total. The molecule has 0 unspecified atom stereocenters. The van der Waals surface area contributed by atoms with Gasteiger partial charge in [-0.1, -0.05) is 0 Å². The quantitative estimate of drug-likeness (QED) is 0.686. The molecule has 2 fully saturated rings. The Kier molecular flexibility index (Phi) is 6.13. The highest BCUT2D eigenvalue weighted by Crippen LogP contribution is 2.20. The van der Waals surface area contributed by atoms with Crippen molar-refractivity contribution in [2.45, 2.75) is 30.8 Å². The van der Waals surface area contributed by atoms with Gasteiger partial charge in [-0.15, -0.1) is 0 Å². The highest BCUT2D eigenvalue weighted by atomic mass is 32.2.